The Labute approximate surface area is 176 Å². The quantitative estimate of drug-likeness (QED) is 0.786. The Morgan fingerprint density at radius 2 is 1.86 bits per heavy atom. The summed E-state index contributed by atoms with van der Waals surface area (Å²) in [6.07, 6.45) is 3.79. The Balaban J connectivity index is 1.49. The van der Waals surface area contributed by atoms with Gasteiger partial charge in [0.2, 0.25) is 0 Å². The van der Waals surface area contributed by atoms with Gasteiger partial charge >= 0.3 is 0 Å². The van der Waals surface area contributed by atoms with E-state index in [9.17, 15) is 4.79 Å². The Hall–Kier alpha value is -1.96. The predicted octanol–water partition coefficient (Wildman–Crippen LogP) is 3.25. The van der Waals surface area contributed by atoms with Crippen LogP contribution in [0.5, 0.6) is 0 Å². The van der Waals surface area contributed by atoms with Crippen LogP contribution in [0.1, 0.15) is 46.2 Å². The summed E-state index contributed by atoms with van der Waals surface area (Å²) in [7, 11) is 0. The van der Waals surface area contributed by atoms with Crippen LogP contribution in [-0.4, -0.2) is 61.7 Å². The number of anilines is 1. The van der Waals surface area contributed by atoms with E-state index < -0.39 is 0 Å². The van der Waals surface area contributed by atoms with E-state index in [0.29, 0.717) is 18.1 Å². The number of amides is 1. The van der Waals surface area contributed by atoms with Gasteiger partial charge in [-0.3, -0.25) is 4.79 Å². The van der Waals surface area contributed by atoms with E-state index in [1.165, 1.54) is 30.6 Å². The fourth-order valence-electron chi connectivity index (χ4n) is 4.03. The van der Waals surface area contributed by atoms with Gasteiger partial charge in [-0.25, -0.2) is 4.98 Å². The highest BCUT2D eigenvalue weighted by atomic mass is 32.1. The van der Waals surface area contributed by atoms with Gasteiger partial charge < -0.3 is 19.9 Å². The molecule has 0 bridgehead atoms. The van der Waals surface area contributed by atoms with Crippen LogP contribution in [0.2, 0.25) is 0 Å². The van der Waals surface area contributed by atoms with Gasteiger partial charge in [0, 0.05) is 19.6 Å². The number of carbonyl (C=O) groups excluding carboxylic acids is 1. The standard InChI is InChI=1S/C22H30N4O2S/c1-17-20(29-22(23-17)26-12-14-28-15-13-26)21(27)24-19(18-8-4-2-5-9-18)16-25-10-6-3-7-11-25/h2,4-5,8-9,19H,3,6-7,10-16H2,1H3,(H,24,27)/t19-/m1/s1. The third-order valence-electron chi connectivity index (χ3n) is 5.67. The number of morpholine rings is 1. The molecule has 2 saturated heterocycles. The van der Waals surface area contributed by atoms with Gasteiger partial charge in [0.1, 0.15) is 4.88 Å². The minimum Gasteiger partial charge on any atom is -0.378 e. The van der Waals surface area contributed by atoms with Crippen molar-refractivity contribution in [2.24, 2.45) is 0 Å². The lowest BCUT2D eigenvalue weighted by atomic mass is 10.0. The van der Waals surface area contributed by atoms with Crippen LogP contribution in [0.25, 0.3) is 0 Å². The molecule has 6 nitrogen and oxygen atoms in total. The van der Waals surface area contributed by atoms with Crippen molar-refractivity contribution in [2.75, 3.05) is 50.8 Å². The molecule has 4 rings (SSSR count). The zero-order chi connectivity index (χ0) is 20.1. The summed E-state index contributed by atoms with van der Waals surface area (Å²) < 4.78 is 5.43. The first kappa shape index (κ1) is 20.3. The number of aromatic nitrogens is 1. The number of nitrogens with zero attached hydrogens (tertiary/aromatic N) is 3. The van der Waals surface area contributed by atoms with Gasteiger partial charge in [-0.2, -0.15) is 0 Å². The molecule has 156 valence electrons. The second kappa shape index (κ2) is 9.69. The SMILES string of the molecule is Cc1nc(N2CCOCC2)sc1C(=O)N[C@H](CN1CCCCC1)c1ccccc1. The average Bonchev–Trinajstić information content (AvgIpc) is 3.17. The fraction of sp³-hybridized carbons (Fsp3) is 0.545. The van der Waals surface area contributed by atoms with Crippen LogP contribution in [0.4, 0.5) is 5.13 Å². The molecule has 0 unspecified atom stereocenters. The number of benzene rings is 1. The molecule has 0 radical (unpaired) electrons. The maximum Gasteiger partial charge on any atom is 0.263 e. The summed E-state index contributed by atoms with van der Waals surface area (Å²) in [6, 6.07) is 10.3. The smallest absolute Gasteiger partial charge is 0.263 e. The van der Waals surface area contributed by atoms with Crippen LogP contribution < -0.4 is 10.2 Å². The first-order valence-electron chi connectivity index (χ1n) is 10.6. The summed E-state index contributed by atoms with van der Waals surface area (Å²) in [5, 5.41) is 4.22. The Morgan fingerprint density at radius 3 is 2.59 bits per heavy atom. The van der Waals surface area contributed by atoms with Crippen molar-refractivity contribution in [2.45, 2.75) is 32.2 Å². The predicted molar refractivity (Wildman–Crippen MR) is 117 cm³/mol. The molecule has 2 aliphatic rings. The largest absolute Gasteiger partial charge is 0.378 e. The number of hydrogen-bond donors (Lipinski definition) is 1. The summed E-state index contributed by atoms with van der Waals surface area (Å²) in [5.41, 5.74) is 1.96. The van der Waals surface area contributed by atoms with Crippen LogP contribution in [0.15, 0.2) is 30.3 Å². The molecule has 2 aromatic rings. The molecule has 0 aliphatic carbocycles. The van der Waals surface area contributed by atoms with Gasteiger partial charge in [0.25, 0.3) is 5.91 Å². The summed E-state index contributed by atoms with van der Waals surface area (Å²) in [5.74, 6) is -0.0228. The molecule has 29 heavy (non-hydrogen) atoms. The van der Waals surface area contributed by atoms with Crippen molar-refractivity contribution in [1.82, 2.24) is 15.2 Å². The lowest BCUT2D eigenvalue weighted by Gasteiger charge is -2.31. The highest BCUT2D eigenvalue weighted by molar-refractivity contribution is 7.17. The fourth-order valence-corrected chi connectivity index (χ4v) is 5.05. The molecule has 2 aliphatic heterocycles. The number of hydrogen-bond acceptors (Lipinski definition) is 6. The van der Waals surface area contributed by atoms with E-state index in [1.807, 2.05) is 25.1 Å². The second-order valence-electron chi connectivity index (χ2n) is 7.81. The number of rotatable bonds is 6. The first-order valence-corrected chi connectivity index (χ1v) is 11.4. The van der Waals surface area contributed by atoms with E-state index in [-0.39, 0.29) is 11.9 Å². The molecule has 1 amide bonds. The molecule has 1 N–H and O–H groups in total. The van der Waals surface area contributed by atoms with Crippen LogP contribution in [-0.2, 0) is 4.74 Å². The molecule has 0 spiro atoms. The van der Waals surface area contributed by atoms with E-state index in [1.54, 1.807) is 0 Å². The maximum absolute atomic E-state index is 13.2. The highest BCUT2D eigenvalue weighted by Gasteiger charge is 2.24. The Morgan fingerprint density at radius 1 is 1.14 bits per heavy atom. The summed E-state index contributed by atoms with van der Waals surface area (Å²) in [4.78, 5) is 23.2. The van der Waals surface area contributed by atoms with Crippen molar-refractivity contribution in [3.63, 3.8) is 0 Å². The monoisotopic (exact) mass is 414 g/mol. The number of aryl methyl sites for hydroxylation is 1. The summed E-state index contributed by atoms with van der Waals surface area (Å²) >= 11 is 1.49. The van der Waals surface area contributed by atoms with Crippen molar-refractivity contribution >= 4 is 22.4 Å². The van der Waals surface area contributed by atoms with Crippen molar-refractivity contribution < 1.29 is 9.53 Å². The minimum absolute atomic E-state index is 0.0184. The van der Waals surface area contributed by atoms with Gasteiger partial charge in [0.15, 0.2) is 5.13 Å². The van der Waals surface area contributed by atoms with E-state index in [2.05, 4.69) is 32.2 Å². The molecular weight excluding hydrogens is 384 g/mol. The Kier molecular flexibility index (Phi) is 6.79. The third-order valence-corrected chi connectivity index (χ3v) is 6.89. The molecule has 1 atom stereocenters. The molecule has 3 heterocycles. The number of piperidine rings is 1. The average molecular weight is 415 g/mol. The number of nitrogens with one attached hydrogen (secondary N) is 1. The number of carbonyl (C=O) groups is 1. The molecule has 2 fully saturated rings. The number of ether oxygens (including phenoxy) is 1. The number of likely N-dealkylation sites (tertiary alicyclic amines) is 1. The zero-order valence-corrected chi connectivity index (χ0v) is 17.9. The lowest BCUT2D eigenvalue weighted by Crippen LogP contribution is -2.40. The molecular formula is C22H30N4O2S. The van der Waals surface area contributed by atoms with Crippen LogP contribution in [0.3, 0.4) is 0 Å². The van der Waals surface area contributed by atoms with Gasteiger partial charge in [-0.15, -0.1) is 0 Å². The van der Waals surface area contributed by atoms with E-state index >= 15 is 0 Å². The molecule has 1 aromatic heterocycles. The lowest BCUT2D eigenvalue weighted by molar-refractivity contribution is 0.0923. The molecule has 0 saturated carbocycles. The van der Waals surface area contributed by atoms with Crippen LogP contribution in [0, 0.1) is 6.92 Å². The van der Waals surface area contributed by atoms with Crippen molar-refractivity contribution in [1.29, 1.82) is 0 Å². The highest BCUT2D eigenvalue weighted by Crippen LogP contribution is 2.27. The second-order valence-corrected chi connectivity index (χ2v) is 8.79. The first-order chi connectivity index (χ1) is 14.2. The molecule has 7 heteroatoms. The Bertz CT molecular complexity index is 798. The van der Waals surface area contributed by atoms with Gasteiger partial charge in [0.05, 0.1) is 24.9 Å². The van der Waals surface area contributed by atoms with Crippen molar-refractivity contribution in [3.05, 3.63) is 46.5 Å². The number of thiazole rings is 1. The third kappa shape index (κ3) is 5.15. The van der Waals surface area contributed by atoms with Crippen molar-refractivity contribution in [3.8, 4) is 0 Å². The topological polar surface area (TPSA) is 57.7 Å². The van der Waals surface area contributed by atoms with E-state index in [4.69, 9.17) is 4.74 Å². The summed E-state index contributed by atoms with van der Waals surface area (Å²) in [6.45, 7) is 8.09. The molecule has 1 aromatic carbocycles. The minimum atomic E-state index is -0.0228. The van der Waals surface area contributed by atoms with E-state index in [0.717, 1.165) is 49.1 Å². The normalized spacial score (nSPS) is 19.1. The van der Waals surface area contributed by atoms with Gasteiger partial charge in [-0.1, -0.05) is 48.1 Å². The maximum atomic E-state index is 13.2. The zero-order valence-electron chi connectivity index (χ0n) is 17.1. The van der Waals surface area contributed by atoms with Crippen LogP contribution >= 0.6 is 11.3 Å². The van der Waals surface area contributed by atoms with Gasteiger partial charge in [-0.05, 0) is 38.4 Å².